The normalized spacial score (nSPS) is 18.8. The Morgan fingerprint density at radius 1 is 1.35 bits per heavy atom. The number of rotatable bonds is 5. The third-order valence-corrected chi connectivity index (χ3v) is 3.74. The van der Waals surface area contributed by atoms with Crippen molar-refractivity contribution in [1.82, 2.24) is 15.4 Å². The van der Waals surface area contributed by atoms with E-state index in [1.54, 1.807) is 0 Å². The van der Waals surface area contributed by atoms with Gasteiger partial charge in [0.05, 0.1) is 5.69 Å². The molecule has 0 aliphatic carbocycles. The summed E-state index contributed by atoms with van der Waals surface area (Å²) in [5.74, 6) is 0.841. The van der Waals surface area contributed by atoms with Gasteiger partial charge in [0.1, 0.15) is 0 Å². The Bertz CT molecular complexity index is 532. The van der Waals surface area contributed by atoms with Crippen LogP contribution in [0.2, 0.25) is 0 Å². The van der Waals surface area contributed by atoms with Crippen LogP contribution in [0.25, 0.3) is 11.3 Å². The van der Waals surface area contributed by atoms with E-state index in [1.165, 1.54) is 12.8 Å². The number of benzene rings is 1. The first-order valence-electron chi connectivity index (χ1n) is 7.24. The lowest BCUT2D eigenvalue weighted by Crippen LogP contribution is -2.34. The lowest BCUT2D eigenvalue weighted by molar-refractivity contribution is 0.283. The molecule has 1 aromatic heterocycles. The minimum absolute atomic E-state index is 0.625. The average Bonchev–Trinajstić information content (AvgIpc) is 3.11. The Balaban J connectivity index is 1.59. The molecule has 1 aliphatic heterocycles. The van der Waals surface area contributed by atoms with Crippen molar-refractivity contribution in [1.29, 1.82) is 0 Å². The predicted molar refractivity (Wildman–Crippen MR) is 79.3 cm³/mol. The van der Waals surface area contributed by atoms with E-state index in [1.807, 2.05) is 36.4 Å². The van der Waals surface area contributed by atoms with E-state index in [0.717, 1.165) is 36.7 Å². The van der Waals surface area contributed by atoms with E-state index in [-0.39, 0.29) is 0 Å². The van der Waals surface area contributed by atoms with Gasteiger partial charge in [0.2, 0.25) is 0 Å². The fraction of sp³-hybridized carbons (Fsp3) is 0.438. The van der Waals surface area contributed by atoms with Gasteiger partial charge in [-0.1, -0.05) is 35.5 Å². The fourth-order valence-corrected chi connectivity index (χ4v) is 2.75. The Kier molecular flexibility index (Phi) is 4.14. The van der Waals surface area contributed by atoms with Gasteiger partial charge in [-0.05, 0) is 26.4 Å². The Morgan fingerprint density at radius 2 is 2.20 bits per heavy atom. The van der Waals surface area contributed by atoms with Gasteiger partial charge in [-0.25, -0.2) is 0 Å². The van der Waals surface area contributed by atoms with Crippen molar-refractivity contribution in [3.05, 3.63) is 42.1 Å². The Labute approximate surface area is 119 Å². The zero-order valence-electron chi connectivity index (χ0n) is 11.9. The summed E-state index contributed by atoms with van der Waals surface area (Å²) in [5.41, 5.74) is 2.07. The quantitative estimate of drug-likeness (QED) is 0.907. The molecule has 2 heterocycles. The second-order valence-electron chi connectivity index (χ2n) is 5.54. The fourth-order valence-electron chi connectivity index (χ4n) is 2.75. The van der Waals surface area contributed by atoms with E-state index < -0.39 is 0 Å². The van der Waals surface area contributed by atoms with Crippen molar-refractivity contribution in [2.45, 2.75) is 25.4 Å². The average molecular weight is 271 g/mol. The van der Waals surface area contributed by atoms with E-state index >= 15 is 0 Å². The van der Waals surface area contributed by atoms with Gasteiger partial charge in [0.15, 0.2) is 5.76 Å². The summed E-state index contributed by atoms with van der Waals surface area (Å²) in [4.78, 5) is 2.30. The first kappa shape index (κ1) is 13.3. The molecule has 0 spiro atoms. The molecule has 1 aromatic carbocycles. The van der Waals surface area contributed by atoms with Crippen LogP contribution in [0.4, 0.5) is 0 Å². The monoisotopic (exact) mass is 271 g/mol. The highest BCUT2D eigenvalue weighted by Crippen LogP contribution is 2.20. The van der Waals surface area contributed by atoms with Crippen LogP contribution in [-0.2, 0) is 6.54 Å². The van der Waals surface area contributed by atoms with Crippen LogP contribution in [0.5, 0.6) is 0 Å². The molecule has 0 bridgehead atoms. The standard InChI is InChI=1S/C16H21N3O/c1-19(11-14-8-5-9-17-14)12-15-10-16(20-18-15)13-6-3-2-4-7-13/h2-4,6-7,10,14,17H,5,8-9,11-12H2,1H3. The second-order valence-corrected chi connectivity index (χ2v) is 5.54. The molecule has 1 fully saturated rings. The van der Waals surface area contributed by atoms with Crippen LogP contribution in [0.3, 0.4) is 0 Å². The number of nitrogens with one attached hydrogen (secondary N) is 1. The summed E-state index contributed by atoms with van der Waals surface area (Å²) in [6.07, 6.45) is 2.57. The van der Waals surface area contributed by atoms with Crippen molar-refractivity contribution >= 4 is 0 Å². The molecule has 1 unspecified atom stereocenters. The maximum Gasteiger partial charge on any atom is 0.167 e. The highest BCUT2D eigenvalue weighted by molar-refractivity contribution is 5.56. The molecule has 0 saturated carbocycles. The lowest BCUT2D eigenvalue weighted by Gasteiger charge is -2.19. The van der Waals surface area contributed by atoms with Crippen molar-refractivity contribution < 1.29 is 4.52 Å². The summed E-state index contributed by atoms with van der Waals surface area (Å²) in [7, 11) is 2.14. The number of aromatic nitrogens is 1. The molecule has 0 radical (unpaired) electrons. The van der Waals surface area contributed by atoms with E-state index in [9.17, 15) is 0 Å². The summed E-state index contributed by atoms with van der Waals surface area (Å²) in [6, 6.07) is 12.8. The summed E-state index contributed by atoms with van der Waals surface area (Å²) in [5, 5.41) is 7.69. The van der Waals surface area contributed by atoms with Gasteiger partial charge < -0.3 is 9.84 Å². The Hall–Kier alpha value is -1.65. The molecule has 1 saturated heterocycles. The number of nitrogens with zero attached hydrogens (tertiary/aromatic N) is 2. The SMILES string of the molecule is CN(Cc1cc(-c2ccccc2)on1)CC1CCCN1. The molecule has 1 N–H and O–H groups in total. The minimum Gasteiger partial charge on any atom is -0.356 e. The molecule has 1 aliphatic rings. The third-order valence-electron chi connectivity index (χ3n) is 3.74. The van der Waals surface area contributed by atoms with Gasteiger partial charge in [0, 0.05) is 30.8 Å². The Morgan fingerprint density at radius 3 is 2.95 bits per heavy atom. The predicted octanol–water partition coefficient (Wildman–Crippen LogP) is 2.53. The van der Waals surface area contributed by atoms with Gasteiger partial charge in [-0.3, -0.25) is 4.90 Å². The zero-order valence-corrected chi connectivity index (χ0v) is 11.9. The van der Waals surface area contributed by atoms with Crippen molar-refractivity contribution in [2.24, 2.45) is 0 Å². The van der Waals surface area contributed by atoms with Crippen LogP contribution in [0, 0.1) is 0 Å². The molecule has 2 aromatic rings. The molecule has 20 heavy (non-hydrogen) atoms. The van der Waals surface area contributed by atoms with Gasteiger partial charge in [-0.15, -0.1) is 0 Å². The largest absolute Gasteiger partial charge is 0.356 e. The van der Waals surface area contributed by atoms with Crippen molar-refractivity contribution in [2.75, 3.05) is 20.1 Å². The van der Waals surface area contributed by atoms with Crippen LogP contribution >= 0.6 is 0 Å². The highest BCUT2D eigenvalue weighted by atomic mass is 16.5. The zero-order chi connectivity index (χ0) is 13.8. The maximum atomic E-state index is 5.43. The summed E-state index contributed by atoms with van der Waals surface area (Å²) >= 11 is 0. The topological polar surface area (TPSA) is 41.3 Å². The van der Waals surface area contributed by atoms with E-state index in [0.29, 0.717) is 6.04 Å². The molecule has 0 amide bonds. The van der Waals surface area contributed by atoms with Gasteiger partial charge in [-0.2, -0.15) is 0 Å². The van der Waals surface area contributed by atoms with Crippen LogP contribution in [-0.4, -0.2) is 36.2 Å². The molecular formula is C16H21N3O. The molecule has 4 heteroatoms. The minimum atomic E-state index is 0.625. The third kappa shape index (κ3) is 3.26. The van der Waals surface area contributed by atoms with Crippen molar-refractivity contribution in [3.8, 4) is 11.3 Å². The molecule has 1 atom stereocenters. The van der Waals surface area contributed by atoms with Gasteiger partial charge >= 0.3 is 0 Å². The first-order chi connectivity index (χ1) is 9.81. The van der Waals surface area contributed by atoms with E-state index in [4.69, 9.17) is 4.52 Å². The number of likely N-dealkylation sites (N-methyl/N-ethyl adjacent to an activating group) is 1. The second kappa shape index (κ2) is 6.20. The molecule has 106 valence electrons. The first-order valence-corrected chi connectivity index (χ1v) is 7.24. The van der Waals surface area contributed by atoms with Crippen LogP contribution in [0.1, 0.15) is 18.5 Å². The molecular weight excluding hydrogens is 250 g/mol. The van der Waals surface area contributed by atoms with Crippen LogP contribution in [0.15, 0.2) is 40.9 Å². The summed E-state index contributed by atoms with van der Waals surface area (Å²) in [6.45, 7) is 3.04. The molecule has 4 nitrogen and oxygen atoms in total. The molecule has 3 rings (SSSR count). The maximum absolute atomic E-state index is 5.43. The smallest absolute Gasteiger partial charge is 0.167 e. The lowest BCUT2D eigenvalue weighted by atomic mass is 10.1. The van der Waals surface area contributed by atoms with Crippen molar-refractivity contribution in [3.63, 3.8) is 0 Å². The van der Waals surface area contributed by atoms with Crippen LogP contribution < -0.4 is 5.32 Å². The summed E-state index contributed by atoms with van der Waals surface area (Å²) < 4.78 is 5.43. The van der Waals surface area contributed by atoms with Gasteiger partial charge in [0.25, 0.3) is 0 Å². The highest BCUT2D eigenvalue weighted by Gasteiger charge is 2.16. The number of hydrogen-bond donors (Lipinski definition) is 1. The number of hydrogen-bond acceptors (Lipinski definition) is 4. The van der Waals surface area contributed by atoms with E-state index in [2.05, 4.69) is 22.4 Å².